The van der Waals surface area contributed by atoms with Crippen LogP contribution in [0.4, 0.5) is 0 Å². The first-order valence-corrected chi connectivity index (χ1v) is 10.0. The molecule has 0 saturated carbocycles. The summed E-state index contributed by atoms with van der Waals surface area (Å²) in [5.74, 6) is 0.0138. The fraction of sp³-hybridized carbons (Fsp3) is 0.261. The van der Waals surface area contributed by atoms with Crippen LogP contribution in [0.5, 0.6) is 5.75 Å². The zero-order valence-electron chi connectivity index (χ0n) is 16.7. The highest BCUT2D eigenvalue weighted by atomic mass is 16.5. The molecule has 0 radical (unpaired) electrons. The summed E-state index contributed by atoms with van der Waals surface area (Å²) in [5, 5.41) is 18.1. The van der Waals surface area contributed by atoms with Gasteiger partial charge in [-0.1, -0.05) is 11.3 Å². The van der Waals surface area contributed by atoms with Crippen molar-refractivity contribution in [2.24, 2.45) is 0 Å². The van der Waals surface area contributed by atoms with Gasteiger partial charge >= 0.3 is 5.97 Å². The zero-order chi connectivity index (χ0) is 20.7. The maximum absolute atomic E-state index is 11.4. The van der Waals surface area contributed by atoms with Gasteiger partial charge in [-0.2, -0.15) is 0 Å². The molecule has 5 rings (SSSR count). The Morgan fingerprint density at radius 1 is 1.23 bits per heavy atom. The number of ether oxygens (including phenoxy) is 1. The summed E-state index contributed by atoms with van der Waals surface area (Å²) in [6, 6.07) is 13.9. The molecule has 0 bridgehead atoms. The lowest BCUT2D eigenvalue weighted by Gasteiger charge is -2.23. The Kier molecular flexibility index (Phi) is 4.50. The number of aromatic nitrogens is 4. The van der Waals surface area contributed by atoms with Gasteiger partial charge in [-0.25, -0.2) is 4.68 Å². The van der Waals surface area contributed by atoms with E-state index in [4.69, 9.17) is 4.74 Å². The number of hydrogen-bond acceptors (Lipinski definition) is 4. The third kappa shape index (κ3) is 3.12. The smallest absolute Gasteiger partial charge is 0.307 e. The number of nitrogens with zero attached hydrogens (tertiary/aromatic N) is 4. The Morgan fingerprint density at radius 3 is 2.83 bits per heavy atom. The van der Waals surface area contributed by atoms with Crippen molar-refractivity contribution in [3.05, 3.63) is 71.7 Å². The van der Waals surface area contributed by atoms with Gasteiger partial charge in [0, 0.05) is 29.4 Å². The number of rotatable bonds is 5. The van der Waals surface area contributed by atoms with Crippen LogP contribution in [0.3, 0.4) is 0 Å². The summed E-state index contributed by atoms with van der Waals surface area (Å²) in [5.41, 5.74) is 6.11. The number of carbonyl (C=O) groups is 1. The van der Waals surface area contributed by atoms with Crippen LogP contribution in [0.1, 0.15) is 29.3 Å². The number of aliphatic carboxylic acids is 1. The molecule has 0 aliphatic heterocycles. The van der Waals surface area contributed by atoms with Crippen molar-refractivity contribution in [1.82, 2.24) is 19.4 Å². The molecule has 1 atom stereocenters. The van der Waals surface area contributed by atoms with E-state index in [0.717, 1.165) is 47.3 Å². The van der Waals surface area contributed by atoms with Crippen molar-refractivity contribution in [2.75, 3.05) is 7.11 Å². The molecule has 30 heavy (non-hydrogen) atoms. The van der Waals surface area contributed by atoms with Gasteiger partial charge in [0.05, 0.1) is 25.8 Å². The van der Waals surface area contributed by atoms with Crippen molar-refractivity contribution >= 4 is 11.5 Å². The molecule has 1 aliphatic rings. The Balaban J connectivity index is 1.46. The van der Waals surface area contributed by atoms with E-state index in [1.807, 2.05) is 59.5 Å². The molecule has 7 heteroatoms. The predicted molar refractivity (Wildman–Crippen MR) is 112 cm³/mol. The van der Waals surface area contributed by atoms with Gasteiger partial charge in [0.15, 0.2) is 0 Å². The summed E-state index contributed by atoms with van der Waals surface area (Å²) >= 11 is 0. The molecule has 1 N–H and O–H groups in total. The summed E-state index contributed by atoms with van der Waals surface area (Å²) in [6.45, 7) is 0. The lowest BCUT2D eigenvalue weighted by atomic mass is 9.90. The number of methoxy groups -OCH3 is 1. The lowest BCUT2D eigenvalue weighted by molar-refractivity contribution is -0.136. The van der Waals surface area contributed by atoms with Crippen LogP contribution in [-0.4, -0.2) is 37.6 Å². The molecule has 1 unspecified atom stereocenters. The minimum absolute atomic E-state index is 0.0540. The SMILES string of the molecule is COc1ccc(-c2cn(C3CCc4c(CC(=O)O)c5ccccn5c4C3)nn2)cc1. The maximum atomic E-state index is 11.4. The second kappa shape index (κ2) is 7.33. The second-order valence-corrected chi connectivity index (χ2v) is 7.64. The van der Waals surface area contributed by atoms with E-state index in [9.17, 15) is 9.90 Å². The first-order chi connectivity index (χ1) is 14.6. The Labute approximate surface area is 173 Å². The predicted octanol–water partition coefficient (Wildman–Crippen LogP) is 3.56. The highest BCUT2D eigenvalue weighted by molar-refractivity contribution is 5.77. The van der Waals surface area contributed by atoms with Crippen molar-refractivity contribution in [2.45, 2.75) is 31.7 Å². The van der Waals surface area contributed by atoms with Crippen LogP contribution in [0.2, 0.25) is 0 Å². The van der Waals surface area contributed by atoms with Crippen LogP contribution >= 0.6 is 0 Å². The van der Waals surface area contributed by atoms with Crippen LogP contribution in [0.15, 0.2) is 54.9 Å². The van der Waals surface area contributed by atoms with E-state index in [2.05, 4.69) is 14.7 Å². The fourth-order valence-electron chi connectivity index (χ4n) is 4.48. The zero-order valence-corrected chi connectivity index (χ0v) is 16.7. The number of carboxylic acids is 1. The molecule has 0 spiro atoms. The van der Waals surface area contributed by atoms with Gasteiger partial charge in [0.2, 0.25) is 0 Å². The first kappa shape index (κ1) is 18.4. The van der Waals surface area contributed by atoms with E-state index in [-0.39, 0.29) is 12.5 Å². The molecule has 3 aromatic heterocycles. The van der Waals surface area contributed by atoms with E-state index in [1.165, 1.54) is 11.3 Å². The van der Waals surface area contributed by atoms with Crippen molar-refractivity contribution < 1.29 is 14.6 Å². The average Bonchev–Trinajstić information content (AvgIpc) is 3.38. The van der Waals surface area contributed by atoms with Crippen molar-refractivity contribution in [3.8, 4) is 17.0 Å². The Morgan fingerprint density at radius 2 is 2.07 bits per heavy atom. The van der Waals surface area contributed by atoms with E-state index >= 15 is 0 Å². The van der Waals surface area contributed by atoms with Gasteiger partial charge in [-0.15, -0.1) is 5.10 Å². The minimum atomic E-state index is -0.795. The Bertz CT molecular complexity index is 1220. The molecule has 0 fully saturated rings. The quantitative estimate of drug-likeness (QED) is 0.552. The van der Waals surface area contributed by atoms with Crippen LogP contribution < -0.4 is 4.74 Å². The molecule has 7 nitrogen and oxygen atoms in total. The lowest BCUT2D eigenvalue weighted by Crippen LogP contribution is -2.20. The van der Waals surface area contributed by atoms with Crippen molar-refractivity contribution in [1.29, 1.82) is 0 Å². The summed E-state index contributed by atoms with van der Waals surface area (Å²) in [7, 11) is 1.65. The highest BCUT2D eigenvalue weighted by Crippen LogP contribution is 2.35. The van der Waals surface area contributed by atoms with Gasteiger partial charge in [-0.05, 0) is 60.4 Å². The van der Waals surface area contributed by atoms with Crippen molar-refractivity contribution in [3.63, 3.8) is 0 Å². The fourth-order valence-corrected chi connectivity index (χ4v) is 4.48. The standard InChI is InChI=1S/C23H22N4O3/c1-30-17-8-5-15(6-9-17)20-14-27(25-24-20)16-7-10-18-19(13-23(28)29)21-4-2-3-11-26(21)22(18)12-16/h2-6,8-9,11,14,16H,7,10,12-13H2,1H3,(H,28,29). The van der Waals surface area contributed by atoms with Gasteiger partial charge < -0.3 is 14.2 Å². The maximum Gasteiger partial charge on any atom is 0.307 e. The number of hydrogen-bond donors (Lipinski definition) is 1. The molecule has 0 amide bonds. The van der Waals surface area contributed by atoms with Gasteiger partial charge in [-0.3, -0.25) is 4.79 Å². The first-order valence-electron chi connectivity index (χ1n) is 10.0. The number of carboxylic acid groups (broad SMARTS) is 1. The van der Waals surface area contributed by atoms with Crippen LogP contribution in [0.25, 0.3) is 16.8 Å². The molecule has 0 saturated heterocycles. The van der Waals surface area contributed by atoms with E-state index in [1.54, 1.807) is 7.11 Å². The second-order valence-electron chi connectivity index (χ2n) is 7.64. The topological polar surface area (TPSA) is 81.7 Å². The molecule has 1 aliphatic carbocycles. The van der Waals surface area contributed by atoms with Crippen LogP contribution in [-0.2, 0) is 24.1 Å². The number of fused-ring (bicyclic) bond motifs is 3. The minimum Gasteiger partial charge on any atom is -0.497 e. The van der Waals surface area contributed by atoms with Crippen LogP contribution in [0, 0.1) is 0 Å². The third-order valence-corrected chi connectivity index (χ3v) is 5.93. The highest BCUT2D eigenvalue weighted by Gasteiger charge is 2.28. The van der Waals surface area contributed by atoms with Gasteiger partial charge in [0.25, 0.3) is 0 Å². The molecule has 152 valence electrons. The largest absolute Gasteiger partial charge is 0.497 e. The number of benzene rings is 1. The molecule has 1 aromatic carbocycles. The summed E-state index contributed by atoms with van der Waals surface area (Å²) in [4.78, 5) is 11.4. The number of pyridine rings is 1. The summed E-state index contributed by atoms with van der Waals surface area (Å²) in [6.07, 6.45) is 6.60. The molecule has 3 heterocycles. The van der Waals surface area contributed by atoms with E-state index in [0.29, 0.717) is 0 Å². The van der Waals surface area contributed by atoms with E-state index < -0.39 is 5.97 Å². The molecule has 4 aromatic rings. The summed E-state index contributed by atoms with van der Waals surface area (Å²) < 4.78 is 9.31. The van der Waals surface area contributed by atoms with Gasteiger partial charge in [0.1, 0.15) is 11.4 Å². The normalized spacial score (nSPS) is 15.8. The monoisotopic (exact) mass is 402 g/mol. The molecular weight excluding hydrogens is 380 g/mol. The molecular formula is C23H22N4O3. The third-order valence-electron chi connectivity index (χ3n) is 5.93. The average molecular weight is 402 g/mol. The Hall–Kier alpha value is -3.61.